The summed E-state index contributed by atoms with van der Waals surface area (Å²) in [6.45, 7) is 1.03. The van der Waals surface area contributed by atoms with Crippen LogP contribution >= 0.6 is 0 Å². The fourth-order valence-corrected chi connectivity index (χ4v) is 3.71. The molecule has 0 spiro atoms. The number of aromatic nitrogens is 4. The molecule has 170 valence electrons. The number of hydrogen-bond donors (Lipinski definition) is 2. The molecule has 3 aromatic rings. The number of alkyl halides is 3. The van der Waals surface area contributed by atoms with Crippen LogP contribution in [-0.4, -0.2) is 45.1 Å². The van der Waals surface area contributed by atoms with Crippen LogP contribution in [0.15, 0.2) is 49.1 Å². The number of halogens is 3. The molecule has 1 aromatic carbocycles. The summed E-state index contributed by atoms with van der Waals surface area (Å²) in [5, 5.41) is 9.76. The van der Waals surface area contributed by atoms with E-state index in [0.29, 0.717) is 30.8 Å². The molecule has 0 unspecified atom stereocenters. The van der Waals surface area contributed by atoms with Gasteiger partial charge in [0.2, 0.25) is 0 Å². The standard InChI is InChI=1S/C21H23F3N6O2/c1-32-15-5-3-14(4-6-15)16-11-18(21(22,23)24)30-19(27-16)12-17(28-30)20(31)26-7-2-9-29-10-8-25-13-29/h3-6,8,10,12-13,16,18,27H,2,7,9,11H2,1H3,(H,26,31)/t16-,18+/m1/s1. The molecular weight excluding hydrogens is 425 g/mol. The highest BCUT2D eigenvalue weighted by molar-refractivity contribution is 5.93. The zero-order chi connectivity index (χ0) is 22.7. The smallest absolute Gasteiger partial charge is 0.410 e. The summed E-state index contributed by atoms with van der Waals surface area (Å²) in [5.74, 6) is 0.262. The SMILES string of the molecule is COc1ccc([C@H]2C[C@@H](C(F)(F)F)n3nc(C(=O)NCCCn4ccnc4)cc3N2)cc1. The van der Waals surface area contributed by atoms with Gasteiger partial charge in [0.1, 0.15) is 11.6 Å². The van der Waals surface area contributed by atoms with Gasteiger partial charge >= 0.3 is 6.18 Å². The Morgan fingerprint density at radius 2 is 2.09 bits per heavy atom. The highest BCUT2D eigenvalue weighted by Gasteiger charge is 2.46. The van der Waals surface area contributed by atoms with E-state index >= 15 is 0 Å². The van der Waals surface area contributed by atoms with E-state index in [4.69, 9.17) is 4.74 Å². The molecule has 0 saturated carbocycles. The Kier molecular flexibility index (Phi) is 6.06. The van der Waals surface area contributed by atoms with Gasteiger partial charge in [0, 0.05) is 38.0 Å². The van der Waals surface area contributed by atoms with Gasteiger partial charge < -0.3 is 19.9 Å². The van der Waals surface area contributed by atoms with Crippen LogP contribution in [0.25, 0.3) is 0 Å². The lowest BCUT2D eigenvalue weighted by atomic mass is 9.97. The van der Waals surface area contributed by atoms with Crippen molar-refractivity contribution in [3.05, 3.63) is 60.3 Å². The Bertz CT molecular complexity index is 1050. The Morgan fingerprint density at radius 1 is 1.31 bits per heavy atom. The van der Waals surface area contributed by atoms with Gasteiger partial charge in [0.05, 0.1) is 19.5 Å². The van der Waals surface area contributed by atoms with E-state index in [2.05, 4.69) is 20.7 Å². The van der Waals surface area contributed by atoms with E-state index < -0.39 is 24.2 Å². The molecule has 1 aliphatic heterocycles. The number of methoxy groups -OCH3 is 1. The molecule has 0 aliphatic carbocycles. The number of fused-ring (bicyclic) bond motifs is 1. The highest BCUT2D eigenvalue weighted by atomic mass is 19.4. The van der Waals surface area contributed by atoms with Crippen LogP contribution in [-0.2, 0) is 6.54 Å². The second-order valence-electron chi connectivity index (χ2n) is 7.53. The first-order chi connectivity index (χ1) is 15.3. The first-order valence-electron chi connectivity index (χ1n) is 10.2. The van der Waals surface area contributed by atoms with Gasteiger partial charge in [-0.1, -0.05) is 12.1 Å². The number of nitrogens with zero attached hydrogens (tertiary/aromatic N) is 4. The van der Waals surface area contributed by atoms with E-state index in [0.717, 1.165) is 4.68 Å². The van der Waals surface area contributed by atoms with Gasteiger partial charge in [-0.05, 0) is 24.1 Å². The lowest BCUT2D eigenvalue weighted by Crippen LogP contribution is -2.35. The molecule has 0 saturated heterocycles. The predicted molar refractivity (Wildman–Crippen MR) is 110 cm³/mol. The van der Waals surface area contributed by atoms with Gasteiger partial charge in [0.15, 0.2) is 11.7 Å². The molecule has 0 fully saturated rings. The second-order valence-corrected chi connectivity index (χ2v) is 7.53. The summed E-state index contributed by atoms with van der Waals surface area (Å²) in [6.07, 6.45) is 1.06. The van der Waals surface area contributed by atoms with Crippen LogP contribution < -0.4 is 15.4 Å². The number of benzene rings is 1. The summed E-state index contributed by atoms with van der Waals surface area (Å²) in [6, 6.07) is 5.80. The van der Waals surface area contributed by atoms with E-state index in [1.165, 1.54) is 13.2 Å². The fraction of sp³-hybridized carbons (Fsp3) is 0.381. The van der Waals surface area contributed by atoms with Crippen molar-refractivity contribution in [2.75, 3.05) is 19.0 Å². The first-order valence-corrected chi connectivity index (χ1v) is 10.2. The Morgan fingerprint density at radius 3 is 2.75 bits per heavy atom. The largest absolute Gasteiger partial charge is 0.497 e. The van der Waals surface area contributed by atoms with Crippen molar-refractivity contribution in [1.82, 2.24) is 24.6 Å². The van der Waals surface area contributed by atoms with Crippen molar-refractivity contribution in [2.45, 2.75) is 37.6 Å². The zero-order valence-corrected chi connectivity index (χ0v) is 17.3. The van der Waals surface area contributed by atoms with Gasteiger partial charge in [-0.15, -0.1) is 0 Å². The highest BCUT2D eigenvalue weighted by Crippen LogP contribution is 2.43. The molecule has 32 heavy (non-hydrogen) atoms. The molecule has 11 heteroatoms. The molecule has 0 radical (unpaired) electrons. The van der Waals surface area contributed by atoms with E-state index in [1.54, 1.807) is 36.8 Å². The lowest BCUT2D eigenvalue weighted by molar-refractivity contribution is -0.173. The molecular formula is C21H23F3N6O2. The molecule has 2 atom stereocenters. The Hall–Kier alpha value is -3.50. The van der Waals surface area contributed by atoms with E-state index in [1.807, 2.05) is 10.8 Å². The molecule has 2 N–H and O–H groups in total. The number of imidazole rings is 1. The van der Waals surface area contributed by atoms with Crippen LogP contribution in [0.1, 0.15) is 41.0 Å². The third kappa shape index (κ3) is 4.71. The van der Waals surface area contributed by atoms with Crippen molar-refractivity contribution < 1.29 is 22.7 Å². The number of ether oxygens (including phenoxy) is 1. The first kappa shape index (κ1) is 21.7. The number of hydrogen-bond acceptors (Lipinski definition) is 5. The van der Waals surface area contributed by atoms with Crippen LogP contribution in [0.2, 0.25) is 0 Å². The molecule has 1 aliphatic rings. The van der Waals surface area contributed by atoms with Gasteiger partial charge in [-0.2, -0.15) is 18.3 Å². The average molecular weight is 448 g/mol. The van der Waals surface area contributed by atoms with Crippen molar-refractivity contribution in [3.63, 3.8) is 0 Å². The molecule has 8 nitrogen and oxygen atoms in total. The summed E-state index contributed by atoms with van der Waals surface area (Å²) in [4.78, 5) is 16.4. The number of carbonyl (C=O) groups is 1. The lowest BCUT2D eigenvalue weighted by Gasteiger charge is -2.33. The third-order valence-electron chi connectivity index (χ3n) is 5.38. The number of anilines is 1. The minimum Gasteiger partial charge on any atom is -0.497 e. The van der Waals surface area contributed by atoms with Gasteiger partial charge in [-0.3, -0.25) is 4.79 Å². The molecule has 4 rings (SSSR count). The molecule has 3 heterocycles. The van der Waals surface area contributed by atoms with E-state index in [9.17, 15) is 18.0 Å². The van der Waals surface area contributed by atoms with Crippen LogP contribution in [0.3, 0.4) is 0 Å². The summed E-state index contributed by atoms with van der Waals surface area (Å²) < 4.78 is 49.3. The van der Waals surface area contributed by atoms with Gasteiger partial charge in [-0.25, -0.2) is 9.67 Å². The normalized spacial score (nSPS) is 18.0. The second kappa shape index (κ2) is 8.93. The summed E-state index contributed by atoms with van der Waals surface area (Å²) in [7, 11) is 1.52. The maximum absolute atomic E-state index is 13.8. The quantitative estimate of drug-likeness (QED) is 0.540. The summed E-state index contributed by atoms with van der Waals surface area (Å²) in [5.41, 5.74) is 0.637. The van der Waals surface area contributed by atoms with Crippen molar-refractivity contribution in [3.8, 4) is 5.75 Å². The third-order valence-corrected chi connectivity index (χ3v) is 5.38. The van der Waals surface area contributed by atoms with Crippen LogP contribution in [0.4, 0.5) is 19.0 Å². The summed E-state index contributed by atoms with van der Waals surface area (Å²) >= 11 is 0. The topological polar surface area (TPSA) is 86.0 Å². The van der Waals surface area contributed by atoms with Crippen molar-refractivity contribution in [2.24, 2.45) is 0 Å². The minimum atomic E-state index is -4.51. The van der Waals surface area contributed by atoms with Crippen molar-refractivity contribution >= 4 is 11.7 Å². The number of aryl methyl sites for hydroxylation is 1. The van der Waals surface area contributed by atoms with Gasteiger partial charge in [0.25, 0.3) is 5.91 Å². The number of nitrogens with one attached hydrogen (secondary N) is 2. The van der Waals surface area contributed by atoms with Crippen LogP contribution in [0.5, 0.6) is 5.75 Å². The predicted octanol–water partition coefficient (Wildman–Crippen LogP) is 3.57. The van der Waals surface area contributed by atoms with E-state index in [-0.39, 0.29) is 17.9 Å². The van der Waals surface area contributed by atoms with Crippen LogP contribution in [0, 0.1) is 0 Å². The Balaban J connectivity index is 1.47. The average Bonchev–Trinajstić information content (AvgIpc) is 3.45. The minimum absolute atomic E-state index is 0.0558. The maximum Gasteiger partial charge on any atom is 0.410 e. The number of rotatable bonds is 7. The monoisotopic (exact) mass is 448 g/mol. The maximum atomic E-state index is 13.8. The number of amides is 1. The Labute approximate surface area is 182 Å². The molecule has 1 amide bonds. The molecule has 0 bridgehead atoms. The fourth-order valence-electron chi connectivity index (χ4n) is 3.71. The van der Waals surface area contributed by atoms with Crippen molar-refractivity contribution in [1.29, 1.82) is 0 Å². The molecule has 2 aromatic heterocycles. The zero-order valence-electron chi connectivity index (χ0n) is 17.3. The number of carbonyl (C=O) groups excluding carboxylic acids is 1.